The molecule has 114 valence electrons. The molecule has 0 unspecified atom stereocenters. The molecular weight excluding hydrogens is 296 g/mol. The first-order valence-electron chi connectivity index (χ1n) is 6.95. The van der Waals surface area contributed by atoms with Crippen molar-refractivity contribution >= 4 is 23.4 Å². The van der Waals surface area contributed by atoms with Crippen LogP contribution >= 0.6 is 11.8 Å². The lowest BCUT2D eigenvalue weighted by Crippen LogP contribution is -2.53. The summed E-state index contributed by atoms with van der Waals surface area (Å²) in [7, 11) is 0. The van der Waals surface area contributed by atoms with Gasteiger partial charge in [0.25, 0.3) is 0 Å². The monoisotopic (exact) mass is 313 g/mol. The minimum atomic E-state index is -0.447. The molecule has 3 rings (SSSR count). The van der Waals surface area contributed by atoms with E-state index in [1.807, 2.05) is 0 Å². The Labute approximate surface area is 126 Å². The van der Waals surface area contributed by atoms with Crippen LogP contribution < -0.4 is 10.2 Å². The molecule has 2 aliphatic heterocycles. The number of benzene rings is 1. The predicted octanol–water partition coefficient (Wildman–Crippen LogP) is 1.28. The molecule has 0 aromatic heterocycles. The van der Waals surface area contributed by atoms with Gasteiger partial charge in [-0.25, -0.2) is 8.78 Å². The van der Waals surface area contributed by atoms with Gasteiger partial charge < -0.3 is 9.80 Å². The van der Waals surface area contributed by atoms with Crippen molar-refractivity contribution in [2.75, 3.05) is 42.7 Å². The second kappa shape index (κ2) is 6.19. The van der Waals surface area contributed by atoms with Crippen molar-refractivity contribution < 1.29 is 13.6 Å². The van der Waals surface area contributed by atoms with Crippen LogP contribution in [0.5, 0.6) is 0 Å². The Hall–Kier alpha value is -1.34. The van der Waals surface area contributed by atoms with Crippen LogP contribution in [0.1, 0.15) is 0 Å². The molecule has 1 atom stereocenters. The Bertz CT molecular complexity index is 529. The molecule has 1 amide bonds. The molecule has 1 aromatic rings. The second-order valence-electron chi connectivity index (χ2n) is 5.18. The fourth-order valence-electron chi connectivity index (χ4n) is 2.67. The van der Waals surface area contributed by atoms with Crippen molar-refractivity contribution in [1.29, 1.82) is 0 Å². The lowest BCUT2D eigenvalue weighted by Gasteiger charge is -2.37. The zero-order chi connectivity index (χ0) is 14.8. The highest BCUT2D eigenvalue weighted by molar-refractivity contribution is 7.99. The topological polar surface area (TPSA) is 35.6 Å². The SMILES string of the molecule is O=C([C@@H]1CSCN1)N1CCN(c2cc(F)ccc2F)CC1. The molecule has 2 aliphatic rings. The Morgan fingerprint density at radius 1 is 1.24 bits per heavy atom. The Morgan fingerprint density at radius 2 is 2.00 bits per heavy atom. The number of carbonyl (C=O) groups is 1. The van der Waals surface area contributed by atoms with Crippen LogP contribution in [0.15, 0.2) is 18.2 Å². The predicted molar refractivity (Wildman–Crippen MR) is 79.4 cm³/mol. The highest BCUT2D eigenvalue weighted by atomic mass is 32.2. The highest BCUT2D eigenvalue weighted by Gasteiger charge is 2.30. The largest absolute Gasteiger partial charge is 0.366 e. The van der Waals surface area contributed by atoms with E-state index in [9.17, 15) is 13.6 Å². The maximum absolute atomic E-state index is 13.8. The third-order valence-electron chi connectivity index (χ3n) is 3.85. The van der Waals surface area contributed by atoms with Crippen LogP contribution in [0.25, 0.3) is 0 Å². The smallest absolute Gasteiger partial charge is 0.240 e. The summed E-state index contributed by atoms with van der Waals surface area (Å²) in [5.41, 5.74) is 0.275. The zero-order valence-corrected chi connectivity index (χ0v) is 12.3. The lowest BCUT2D eigenvalue weighted by atomic mass is 10.2. The molecule has 1 N–H and O–H groups in total. The summed E-state index contributed by atoms with van der Waals surface area (Å²) < 4.78 is 27.0. The van der Waals surface area contributed by atoms with Crippen LogP contribution in [-0.4, -0.2) is 54.7 Å². The van der Waals surface area contributed by atoms with Crippen molar-refractivity contribution in [1.82, 2.24) is 10.2 Å². The average molecular weight is 313 g/mol. The van der Waals surface area contributed by atoms with Gasteiger partial charge in [0.2, 0.25) is 5.91 Å². The van der Waals surface area contributed by atoms with Gasteiger partial charge in [-0.05, 0) is 12.1 Å². The van der Waals surface area contributed by atoms with Gasteiger partial charge in [-0.2, -0.15) is 0 Å². The fourth-order valence-corrected chi connectivity index (χ4v) is 3.60. The lowest BCUT2D eigenvalue weighted by molar-refractivity contribution is -0.132. The number of nitrogens with zero attached hydrogens (tertiary/aromatic N) is 2. The molecule has 0 aliphatic carbocycles. The van der Waals surface area contributed by atoms with E-state index < -0.39 is 11.6 Å². The van der Waals surface area contributed by atoms with Crippen molar-refractivity contribution in [2.45, 2.75) is 6.04 Å². The van der Waals surface area contributed by atoms with Crippen molar-refractivity contribution in [2.24, 2.45) is 0 Å². The molecule has 7 heteroatoms. The van der Waals surface area contributed by atoms with E-state index in [0.29, 0.717) is 26.2 Å². The summed E-state index contributed by atoms with van der Waals surface area (Å²) >= 11 is 1.72. The molecule has 4 nitrogen and oxygen atoms in total. The first kappa shape index (κ1) is 14.6. The van der Waals surface area contributed by atoms with E-state index in [-0.39, 0.29) is 17.6 Å². The molecule has 2 fully saturated rings. The van der Waals surface area contributed by atoms with E-state index in [1.54, 1.807) is 21.6 Å². The van der Waals surface area contributed by atoms with Gasteiger partial charge in [0.05, 0.1) is 11.7 Å². The summed E-state index contributed by atoms with van der Waals surface area (Å²) in [5, 5.41) is 3.16. The van der Waals surface area contributed by atoms with Crippen molar-refractivity contribution in [3.8, 4) is 0 Å². The number of amides is 1. The first-order chi connectivity index (χ1) is 10.1. The van der Waals surface area contributed by atoms with Gasteiger partial charge >= 0.3 is 0 Å². The van der Waals surface area contributed by atoms with Gasteiger partial charge in [-0.1, -0.05) is 0 Å². The van der Waals surface area contributed by atoms with Gasteiger partial charge in [0.1, 0.15) is 11.6 Å². The van der Waals surface area contributed by atoms with Crippen LogP contribution in [0.3, 0.4) is 0 Å². The van der Waals surface area contributed by atoms with E-state index in [1.165, 1.54) is 6.07 Å². The number of thioether (sulfide) groups is 1. The van der Waals surface area contributed by atoms with E-state index in [2.05, 4.69) is 5.32 Å². The third kappa shape index (κ3) is 3.13. The average Bonchev–Trinajstić information content (AvgIpc) is 3.03. The Kier molecular flexibility index (Phi) is 4.30. The van der Waals surface area contributed by atoms with Gasteiger partial charge in [0.15, 0.2) is 0 Å². The van der Waals surface area contributed by atoms with Crippen LogP contribution in [0.4, 0.5) is 14.5 Å². The molecule has 2 saturated heterocycles. The molecule has 21 heavy (non-hydrogen) atoms. The maximum atomic E-state index is 13.8. The zero-order valence-electron chi connectivity index (χ0n) is 11.5. The van der Waals surface area contributed by atoms with Crippen LogP contribution in [0, 0.1) is 11.6 Å². The van der Waals surface area contributed by atoms with Crippen molar-refractivity contribution in [3.63, 3.8) is 0 Å². The van der Waals surface area contributed by atoms with Gasteiger partial charge in [-0.3, -0.25) is 10.1 Å². The number of nitrogens with one attached hydrogen (secondary N) is 1. The standard InChI is InChI=1S/C14H17F2N3OS/c15-10-1-2-11(16)13(7-10)18-3-5-19(6-4-18)14(20)12-8-21-9-17-12/h1-2,7,12,17H,3-6,8-9H2/t12-/m0/s1. The molecular formula is C14H17F2N3OS. The molecule has 0 saturated carbocycles. The second-order valence-corrected chi connectivity index (χ2v) is 6.21. The van der Waals surface area contributed by atoms with E-state index in [4.69, 9.17) is 0 Å². The van der Waals surface area contributed by atoms with Crippen LogP contribution in [0.2, 0.25) is 0 Å². The molecule has 0 spiro atoms. The van der Waals surface area contributed by atoms with Crippen LogP contribution in [-0.2, 0) is 4.79 Å². The van der Waals surface area contributed by atoms with E-state index >= 15 is 0 Å². The molecule has 0 radical (unpaired) electrons. The number of hydrogen-bond acceptors (Lipinski definition) is 4. The minimum Gasteiger partial charge on any atom is -0.366 e. The Balaban J connectivity index is 1.62. The van der Waals surface area contributed by atoms with Crippen molar-refractivity contribution in [3.05, 3.63) is 29.8 Å². The van der Waals surface area contributed by atoms with E-state index in [0.717, 1.165) is 23.8 Å². The molecule has 2 heterocycles. The summed E-state index contributed by atoms with van der Waals surface area (Å²) in [4.78, 5) is 15.9. The maximum Gasteiger partial charge on any atom is 0.240 e. The molecule has 1 aromatic carbocycles. The summed E-state index contributed by atoms with van der Waals surface area (Å²) in [6.45, 7) is 2.12. The third-order valence-corrected chi connectivity index (χ3v) is 4.79. The first-order valence-corrected chi connectivity index (χ1v) is 8.10. The van der Waals surface area contributed by atoms with Gasteiger partial charge in [0, 0.05) is 43.9 Å². The summed E-state index contributed by atoms with van der Waals surface area (Å²) in [6.07, 6.45) is 0. The number of carbonyl (C=O) groups excluding carboxylic acids is 1. The normalized spacial score (nSPS) is 22.7. The minimum absolute atomic E-state index is 0.104. The van der Waals surface area contributed by atoms with Gasteiger partial charge in [-0.15, -0.1) is 11.8 Å². The number of halogens is 2. The summed E-state index contributed by atoms with van der Waals surface area (Å²) in [6, 6.07) is 3.36. The summed E-state index contributed by atoms with van der Waals surface area (Å²) in [5.74, 6) is 0.851. The highest BCUT2D eigenvalue weighted by Crippen LogP contribution is 2.22. The quantitative estimate of drug-likeness (QED) is 0.892. The number of rotatable bonds is 2. The number of hydrogen-bond donors (Lipinski definition) is 1. The fraction of sp³-hybridized carbons (Fsp3) is 0.500. The molecule has 0 bridgehead atoms. The Morgan fingerprint density at radius 3 is 2.67 bits per heavy atom. The number of anilines is 1. The number of piperazine rings is 1.